The number of carbonyl (C=O) groups is 1. The van der Waals surface area contributed by atoms with E-state index in [1.165, 1.54) is 11.1 Å². The Hall–Kier alpha value is -3.87. The van der Waals surface area contributed by atoms with Crippen LogP contribution >= 0.6 is 0 Å². The lowest BCUT2D eigenvalue weighted by atomic mass is 10.0. The Balaban J connectivity index is 1.16. The highest BCUT2D eigenvalue weighted by molar-refractivity contribution is 5.89. The number of para-hydroxylation sites is 1. The predicted octanol–water partition coefficient (Wildman–Crippen LogP) is 5.61. The highest BCUT2D eigenvalue weighted by Gasteiger charge is 2.23. The van der Waals surface area contributed by atoms with Crippen LogP contribution in [0.15, 0.2) is 59.1 Å². The van der Waals surface area contributed by atoms with E-state index in [0.717, 1.165) is 46.9 Å². The third-order valence-corrected chi connectivity index (χ3v) is 7.14. The number of amides is 1. The second-order valence-electron chi connectivity index (χ2n) is 9.92. The third-order valence-electron chi connectivity index (χ3n) is 7.14. The van der Waals surface area contributed by atoms with E-state index in [9.17, 15) is 4.79 Å². The molecular weight excluding hydrogens is 464 g/mol. The minimum absolute atomic E-state index is 0.130. The van der Waals surface area contributed by atoms with Crippen molar-refractivity contribution in [2.45, 2.75) is 39.5 Å². The van der Waals surface area contributed by atoms with Crippen LogP contribution in [0.5, 0.6) is 5.75 Å². The van der Waals surface area contributed by atoms with Crippen molar-refractivity contribution in [1.82, 2.24) is 14.9 Å². The molecule has 4 aromatic rings. The Kier molecular flexibility index (Phi) is 7.12. The molecule has 7 nitrogen and oxygen atoms in total. The van der Waals surface area contributed by atoms with Gasteiger partial charge in [-0.2, -0.15) is 0 Å². The van der Waals surface area contributed by atoms with Gasteiger partial charge in [0.25, 0.3) is 0 Å². The predicted molar refractivity (Wildman–Crippen MR) is 146 cm³/mol. The first-order valence-corrected chi connectivity index (χ1v) is 12.9. The van der Waals surface area contributed by atoms with Crippen molar-refractivity contribution in [1.29, 1.82) is 0 Å². The molecule has 0 bridgehead atoms. The van der Waals surface area contributed by atoms with Gasteiger partial charge in [-0.1, -0.05) is 50.2 Å². The third kappa shape index (κ3) is 5.31. The van der Waals surface area contributed by atoms with Crippen molar-refractivity contribution >= 4 is 22.6 Å². The van der Waals surface area contributed by atoms with Gasteiger partial charge in [-0.05, 0) is 36.1 Å². The fourth-order valence-electron chi connectivity index (χ4n) is 4.85. The summed E-state index contributed by atoms with van der Waals surface area (Å²) in [5.41, 5.74) is 4.33. The second-order valence-corrected chi connectivity index (χ2v) is 9.92. The average Bonchev–Trinajstić information content (AvgIpc) is 3.40. The maximum Gasteiger partial charge on any atom is 0.223 e. The highest BCUT2D eigenvalue weighted by atomic mass is 16.5. The zero-order valence-corrected chi connectivity index (χ0v) is 22.0. The van der Waals surface area contributed by atoms with E-state index in [1.807, 2.05) is 17.0 Å². The molecule has 1 fully saturated rings. The van der Waals surface area contributed by atoms with Crippen LogP contribution in [0.2, 0.25) is 0 Å². The number of pyridine rings is 1. The number of nitrogens with zero attached hydrogens (tertiary/aromatic N) is 4. The highest BCUT2D eigenvalue weighted by Crippen LogP contribution is 2.30. The molecule has 2 aromatic heterocycles. The molecule has 1 aliphatic rings. The molecule has 0 saturated carbocycles. The minimum Gasteiger partial charge on any atom is -0.494 e. The monoisotopic (exact) mass is 498 g/mol. The fourth-order valence-corrected chi connectivity index (χ4v) is 4.85. The van der Waals surface area contributed by atoms with E-state index in [1.54, 1.807) is 13.3 Å². The number of hydrogen-bond acceptors (Lipinski definition) is 6. The van der Waals surface area contributed by atoms with Crippen molar-refractivity contribution in [2.75, 3.05) is 38.2 Å². The first-order valence-electron chi connectivity index (χ1n) is 12.9. The van der Waals surface area contributed by atoms with Crippen molar-refractivity contribution in [2.24, 2.45) is 0 Å². The molecule has 3 heterocycles. The molecule has 0 spiro atoms. The molecule has 5 rings (SSSR count). The van der Waals surface area contributed by atoms with Crippen LogP contribution in [0.1, 0.15) is 43.2 Å². The molecule has 0 unspecified atom stereocenters. The molecule has 1 aliphatic heterocycles. The molecule has 1 saturated heterocycles. The van der Waals surface area contributed by atoms with E-state index >= 15 is 0 Å². The molecule has 37 heavy (non-hydrogen) atoms. The molecule has 7 heteroatoms. The van der Waals surface area contributed by atoms with Crippen LogP contribution < -0.4 is 9.64 Å². The quantitative estimate of drug-likeness (QED) is 0.330. The normalized spacial score (nSPS) is 14.0. The maximum absolute atomic E-state index is 12.9. The van der Waals surface area contributed by atoms with E-state index in [-0.39, 0.29) is 5.91 Å². The molecular formula is C30H34N4O3. The number of piperazine rings is 1. The Morgan fingerprint density at radius 1 is 1.08 bits per heavy atom. The largest absolute Gasteiger partial charge is 0.494 e. The van der Waals surface area contributed by atoms with Crippen LogP contribution in [0.25, 0.3) is 22.2 Å². The first kappa shape index (κ1) is 24.8. The molecule has 1 amide bonds. The lowest BCUT2D eigenvalue weighted by Crippen LogP contribution is -2.49. The lowest BCUT2D eigenvalue weighted by molar-refractivity contribution is -0.131. The lowest BCUT2D eigenvalue weighted by Gasteiger charge is -2.35. The van der Waals surface area contributed by atoms with Crippen LogP contribution in [-0.4, -0.2) is 54.1 Å². The van der Waals surface area contributed by atoms with Crippen molar-refractivity contribution in [3.63, 3.8) is 0 Å². The Morgan fingerprint density at radius 2 is 1.84 bits per heavy atom. The first-order chi connectivity index (χ1) is 17.9. The summed E-state index contributed by atoms with van der Waals surface area (Å²) >= 11 is 0. The number of rotatable bonds is 7. The average molecular weight is 499 g/mol. The Labute approximate surface area is 218 Å². The number of methoxy groups -OCH3 is 1. The summed E-state index contributed by atoms with van der Waals surface area (Å²) in [5, 5.41) is 1.10. The molecule has 0 N–H and O–H groups in total. The van der Waals surface area contributed by atoms with Gasteiger partial charge in [-0.3, -0.25) is 4.79 Å². The van der Waals surface area contributed by atoms with Gasteiger partial charge in [0.1, 0.15) is 17.1 Å². The van der Waals surface area contributed by atoms with Gasteiger partial charge >= 0.3 is 0 Å². The summed E-state index contributed by atoms with van der Waals surface area (Å²) in [7, 11) is 1.67. The molecule has 192 valence electrons. The van der Waals surface area contributed by atoms with Gasteiger partial charge in [0, 0.05) is 50.0 Å². The number of benzene rings is 2. The van der Waals surface area contributed by atoms with E-state index < -0.39 is 0 Å². The van der Waals surface area contributed by atoms with Crippen LogP contribution in [0.4, 0.5) is 5.82 Å². The van der Waals surface area contributed by atoms with Crippen molar-refractivity contribution < 1.29 is 13.9 Å². The fraction of sp³-hybridized carbons (Fsp3) is 0.367. The van der Waals surface area contributed by atoms with Crippen molar-refractivity contribution in [3.8, 4) is 17.1 Å². The van der Waals surface area contributed by atoms with Gasteiger partial charge < -0.3 is 19.0 Å². The zero-order chi connectivity index (χ0) is 25.9. The number of carbonyl (C=O) groups excluding carboxylic acids is 1. The Morgan fingerprint density at radius 3 is 2.54 bits per heavy atom. The van der Waals surface area contributed by atoms with Gasteiger partial charge in [0.15, 0.2) is 11.7 Å². The number of aromatic nitrogens is 2. The van der Waals surface area contributed by atoms with Gasteiger partial charge in [0.05, 0.1) is 13.3 Å². The van der Waals surface area contributed by atoms with Gasteiger partial charge in [0.2, 0.25) is 5.91 Å². The Bertz CT molecular complexity index is 1390. The summed E-state index contributed by atoms with van der Waals surface area (Å²) in [5.74, 6) is 3.66. The molecule has 0 atom stereocenters. The van der Waals surface area contributed by atoms with Gasteiger partial charge in [-0.15, -0.1) is 0 Å². The second kappa shape index (κ2) is 10.6. The SMILES string of the molecule is COc1cccc2c(C)cc(N3CCN(C(=O)CCc4ncc(-c5ccc(C(C)C)cc5)o4)CC3)nc12. The number of ether oxygens (including phenoxy) is 1. The summed E-state index contributed by atoms with van der Waals surface area (Å²) in [6.45, 7) is 9.28. The standard InChI is InChI=1S/C30H34N4O3/c1-20(2)22-8-10-23(11-9-22)26-19-31-28(37-26)12-13-29(35)34-16-14-33(15-17-34)27-18-21(3)24-6-5-7-25(36-4)30(24)32-27/h5-11,18-20H,12-17H2,1-4H3. The van der Waals surface area contributed by atoms with E-state index in [2.05, 4.69) is 67.1 Å². The molecule has 0 aliphatic carbocycles. The summed E-state index contributed by atoms with van der Waals surface area (Å²) in [4.78, 5) is 26.4. The van der Waals surface area contributed by atoms with E-state index in [4.69, 9.17) is 14.1 Å². The summed E-state index contributed by atoms with van der Waals surface area (Å²) < 4.78 is 11.5. The van der Waals surface area contributed by atoms with Gasteiger partial charge in [-0.25, -0.2) is 9.97 Å². The smallest absolute Gasteiger partial charge is 0.223 e. The van der Waals surface area contributed by atoms with Crippen LogP contribution in [0.3, 0.4) is 0 Å². The number of hydrogen-bond donors (Lipinski definition) is 0. The maximum atomic E-state index is 12.9. The zero-order valence-electron chi connectivity index (χ0n) is 22.0. The molecule has 0 radical (unpaired) electrons. The van der Waals surface area contributed by atoms with Crippen LogP contribution in [-0.2, 0) is 11.2 Å². The molecule has 2 aromatic carbocycles. The number of aryl methyl sites for hydroxylation is 2. The topological polar surface area (TPSA) is 71.7 Å². The minimum atomic E-state index is 0.130. The van der Waals surface area contributed by atoms with Crippen molar-refractivity contribution in [3.05, 3.63) is 71.7 Å². The number of anilines is 1. The van der Waals surface area contributed by atoms with E-state index in [0.29, 0.717) is 37.7 Å². The summed E-state index contributed by atoms with van der Waals surface area (Å²) in [6, 6.07) is 16.5. The summed E-state index contributed by atoms with van der Waals surface area (Å²) in [6.07, 6.45) is 2.63. The number of fused-ring (bicyclic) bond motifs is 1. The van der Waals surface area contributed by atoms with Crippen LogP contribution in [0, 0.1) is 6.92 Å². The number of oxazole rings is 1.